The summed E-state index contributed by atoms with van der Waals surface area (Å²) in [4.78, 5) is 1.27. The molecule has 1 unspecified atom stereocenters. The molecule has 0 aliphatic heterocycles. The second kappa shape index (κ2) is 5.24. The molecule has 0 saturated carbocycles. The van der Waals surface area contributed by atoms with Gasteiger partial charge in [-0.2, -0.15) is 11.8 Å². The van der Waals surface area contributed by atoms with Crippen molar-refractivity contribution in [1.82, 2.24) is 5.43 Å². The number of thiophene rings is 1. The lowest BCUT2D eigenvalue weighted by Gasteiger charge is -2.12. The van der Waals surface area contributed by atoms with E-state index in [4.69, 9.17) is 5.84 Å². The van der Waals surface area contributed by atoms with E-state index in [1.54, 1.807) is 23.1 Å². The maximum Gasteiger partial charge on any atom is 0.0654 e. The van der Waals surface area contributed by atoms with Gasteiger partial charge in [0.05, 0.1) is 6.04 Å². The Bertz CT molecular complexity index is 239. The van der Waals surface area contributed by atoms with Crippen LogP contribution in [0.3, 0.4) is 0 Å². The third kappa shape index (κ3) is 2.47. The van der Waals surface area contributed by atoms with Crippen LogP contribution in [0.1, 0.15) is 10.9 Å². The summed E-state index contributed by atoms with van der Waals surface area (Å²) in [7, 11) is 0. The first-order valence-electron chi connectivity index (χ1n) is 3.47. The summed E-state index contributed by atoms with van der Waals surface area (Å²) >= 11 is 6.99. The fourth-order valence-corrected chi connectivity index (χ4v) is 3.33. The molecule has 1 aromatic rings. The second-order valence-electron chi connectivity index (χ2n) is 2.31. The maximum atomic E-state index is 5.44. The van der Waals surface area contributed by atoms with Crippen LogP contribution in [0.4, 0.5) is 0 Å². The Balaban J connectivity index is 2.72. The van der Waals surface area contributed by atoms with Crippen LogP contribution < -0.4 is 11.3 Å². The third-order valence-electron chi connectivity index (χ3n) is 1.50. The van der Waals surface area contributed by atoms with Gasteiger partial charge in [-0.1, -0.05) is 0 Å². The summed E-state index contributed by atoms with van der Waals surface area (Å²) in [5, 5.41) is 2.06. The molecule has 0 aliphatic carbocycles. The third-order valence-corrected chi connectivity index (χ3v) is 4.15. The van der Waals surface area contributed by atoms with Gasteiger partial charge in [0.25, 0.3) is 0 Å². The van der Waals surface area contributed by atoms with E-state index in [0.717, 1.165) is 10.2 Å². The molecule has 0 radical (unpaired) electrons. The van der Waals surface area contributed by atoms with Gasteiger partial charge in [0, 0.05) is 15.1 Å². The Hall–Kier alpha value is 0.450. The second-order valence-corrected chi connectivity index (χ2v) is 5.02. The van der Waals surface area contributed by atoms with E-state index in [9.17, 15) is 0 Å². The number of hydrogen-bond acceptors (Lipinski definition) is 4. The number of rotatable bonds is 4. The van der Waals surface area contributed by atoms with Gasteiger partial charge in [0.1, 0.15) is 0 Å². The minimum Gasteiger partial charge on any atom is -0.271 e. The van der Waals surface area contributed by atoms with Crippen LogP contribution in [0.5, 0.6) is 0 Å². The Kier molecular flexibility index (Phi) is 4.60. The predicted molar refractivity (Wildman–Crippen MR) is 60.5 cm³/mol. The number of thioether (sulfide) groups is 1. The molecule has 0 aliphatic rings. The summed E-state index contributed by atoms with van der Waals surface area (Å²) in [5.41, 5.74) is 2.81. The molecule has 1 rings (SSSR count). The number of nitrogens with one attached hydrogen (secondary N) is 1. The molecule has 0 bridgehead atoms. The molecule has 2 nitrogen and oxygen atoms in total. The van der Waals surface area contributed by atoms with Gasteiger partial charge < -0.3 is 0 Å². The van der Waals surface area contributed by atoms with Gasteiger partial charge in [-0.25, -0.2) is 0 Å². The van der Waals surface area contributed by atoms with E-state index >= 15 is 0 Å². The molecule has 68 valence electrons. The molecule has 5 heteroatoms. The fourth-order valence-electron chi connectivity index (χ4n) is 0.920. The minimum absolute atomic E-state index is 0.259. The first-order valence-corrected chi connectivity index (χ1v) is 6.54. The molecule has 1 atom stereocenters. The molecular formula is C7H11BrN2S2. The van der Waals surface area contributed by atoms with E-state index < -0.39 is 0 Å². The van der Waals surface area contributed by atoms with Crippen molar-refractivity contribution in [2.75, 3.05) is 12.0 Å². The van der Waals surface area contributed by atoms with Crippen LogP contribution in [0.2, 0.25) is 0 Å². The lowest BCUT2D eigenvalue weighted by atomic mass is 10.3. The van der Waals surface area contributed by atoms with E-state index in [0.29, 0.717) is 0 Å². The molecule has 1 aromatic heterocycles. The SMILES string of the molecule is CSCC(NN)c1sccc1Br. The zero-order chi connectivity index (χ0) is 8.97. The first kappa shape index (κ1) is 10.5. The highest BCUT2D eigenvalue weighted by molar-refractivity contribution is 9.10. The molecule has 0 fully saturated rings. The zero-order valence-corrected chi connectivity index (χ0v) is 9.93. The predicted octanol–water partition coefficient (Wildman–Crippen LogP) is 2.38. The van der Waals surface area contributed by atoms with Crippen molar-refractivity contribution in [1.29, 1.82) is 0 Å². The largest absolute Gasteiger partial charge is 0.271 e. The van der Waals surface area contributed by atoms with E-state index in [1.165, 1.54) is 4.88 Å². The van der Waals surface area contributed by atoms with Gasteiger partial charge in [0.2, 0.25) is 0 Å². The molecule has 3 N–H and O–H groups in total. The maximum absolute atomic E-state index is 5.44. The van der Waals surface area contributed by atoms with Crippen LogP contribution in [-0.2, 0) is 0 Å². The Morgan fingerprint density at radius 3 is 3.00 bits per heavy atom. The van der Waals surface area contributed by atoms with Gasteiger partial charge >= 0.3 is 0 Å². The summed E-state index contributed by atoms with van der Waals surface area (Å²) < 4.78 is 1.14. The van der Waals surface area contributed by atoms with Gasteiger partial charge in [-0.05, 0) is 33.6 Å². The Morgan fingerprint density at radius 1 is 1.83 bits per heavy atom. The summed E-state index contributed by atoms with van der Waals surface area (Å²) in [5.74, 6) is 6.44. The zero-order valence-electron chi connectivity index (χ0n) is 6.71. The monoisotopic (exact) mass is 266 g/mol. The van der Waals surface area contributed by atoms with Crippen molar-refractivity contribution < 1.29 is 0 Å². The molecule has 12 heavy (non-hydrogen) atoms. The number of nitrogens with two attached hydrogens (primary N) is 1. The van der Waals surface area contributed by atoms with Crippen molar-refractivity contribution in [2.24, 2.45) is 5.84 Å². The first-order chi connectivity index (χ1) is 5.79. The number of hydrazine groups is 1. The van der Waals surface area contributed by atoms with Gasteiger partial charge in [0.15, 0.2) is 0 Å². The number of halogens is 1. The minimum atomic E-state index is 0.259. The lowest BCUT2D eigenvalue weighted by molar-refractivity contribution is 0.619. The molecule has 1 heterocycles. The fraction of sp³-hybridized carbons (Fsp3) is 0.429. The van der Waals surface area contributed by atoms with Crippen LogP contribution >= 0.6 is 39.0 Å². The van der Waals surface area contributed by atoms with Crippen LogP contribution in [0.15, 0.2) is 15.9 Å². The smallest absolute Gasteiger partial charge is 0.0654 e. The standard InChI is InChI=1S/C7H11BrN2S2/c1-11-4-6(10-9)7-5(8)2-3-12-7/h2-3,6,10H,4,9H2,1H3. The van der Waals surface area contributed by atoms with Crippen LogP contribution in [-0.4, -0.2) is 12.0 Å². The molecule has 0 aromatic carbocycles. The highest BCUT2D eigenvalue weighted by Gasteiger charge is 2.12. The quantitative estimate of drug-likeness (QED) is 0.649. The number of hydrogen-bond donors (Lipinski definition) is 2. The van der Waals surface area contributed by atoms with Crippen molar-refractivity contribution in [3.63, 3.8) is 0 Å². The van der Waals surface area contributed by atoms with E-state index in [1.807, 2.05) is 6.07 Å². The van der Waals surface area contributed by atoms with Crippen LogP contribution in [0, 0.1) is 0 Å². The summed E-state index contributed by atoms with van der Waals surface area (Å²) in [6.07, 6.45) is 2.08. The molecule has 0 spiro atoms. The molecule has 0 amide bonds. The highest BCUT2D eigenvalue weighted by Crippen LogP contribution is 2.29. The molecular weight excluding hydrogens is 256 g/mol. The van der Waals surface area contributed by atoms with Gasteiger partial charge in [-0.15, -0.1) is 11.3 Å². The Morgan fingerprint density at radius 2 is 2.58 bits per heavy atom. The summed E-state index contributed by atoms with van der Waals surface area (Å²) in [6, 6.07) is 2.30. The average Bonchev–Trinajstić information content (AvgIpc) is 2.47. The highest BCUT2D eigenvalue weighted by atomic mass is 79.9. The van der Waals surface area contributed by atoms with E-state index in [-0.39, 0.29) is 6.04 Å². The van der Waals surface area contributed by atoms with Crippen LogP contribution in [0.25, 0.3) is 0 Å². The Labute approximate surface area is 89.0 Å². The van der Waals surface area contributed by atoms with Crippen molar-refractivity contribution in [3.05, 3.63) is 20.8 Å². The topological polar surface area (TPSA) is 38.0 Å². The normalized spacial score (nSPS) is 13.2. The lowest BCUT2D eigenvalue weighted by Crippen LogP contribution is -2.29. The average molecular weight is 267 g/mol. The van der Waals surface area contributed by atoms with Gasteiger partial charge in [-0.3, -0.25) is 11.3 Å². The van der Waals surface area contributed by atoms with Crippen molar-refractivity contribution in [2.45, 2.75) is 6.04 Å². The van der Waals surface area contributed by atoms with Crippen molar-refractivity contribution >= 4 is 39.0 Å². The molecule has 0 saturated heterocycles. The van der Waals surface area contributed by atoms with Crippen molar-refractivity contribution in [3.8, 4) is 0 Å². The summed E-state index contributed by atoms with van der Waals surface area (Å²) in [6.45, 7) is 0. The van der Waals surface area contributed by atoms with E-state index in [2.05, 4.69) is 33.0 Å².